The summed E-state index contributed by atoms with van der Waals surface area (Å²) in [6.45, 7) is 0.470. The third-order valence-electron chi connectivity index (χ3n) is 4.40. The Morgan fingerprint density at radius 2 is 1.90 bits per heavy atom. The van der Waals surface area contributed by atoms with Gasteiger partial charge in [0.05, 0.1) is 12.0 Å². The van der Waals surface area contributed by atoms with Crippen LogP contribution in [0.1, 0.15) is 37.2 Å². The summed E-state index contributed by atoms with van der Waals surface area (Å²) in [5.41, 5.74) is 0.916. The zero-order chi connectivity index (χ0) is 14.1. The summed E-state index contributed by atoms with van der Waals surface area (Å²) < 4.78 is 0. The Kier molecular flexibility index (Phi) is 3.57. The van der Waals surface area contributed by atoms with Gasteiger partial charge in [-0.2, -0.15) is 0 Å². The van der Waals surface area contributed by atoms with E-state index in [4.69, 9.17) is 0 Å². The van der Waals surface area contributed by atoms with Gasteiger partial charge in [0.1, 0.15) is 0 Å². The fraction of sp³-hybridized carbons (Fsp3) is 0.500. The number of rotatable bonds is 3. The number of carbonyl (C=O) groups is 2. The van der Waals surface area contributed by atoms with E-state index in [1.165, 1.54) is 4.90 Å². The van der Waals surface area contributed by atoms with Gasteiger partial charge in [-0.05, 0) is 30.7 Å². The maximum Gasteiger partial charge on any atom is 0.237 e. The van der Waals surface area contributed by atoms with Crippen molar-refractivity contribution in [2.75, 3.05) is 6.54 Å². The summed E-state index contributed by atoms with van der Waals surface area (Å²) >= 11 is 0. The molecule has 4 heteroatoms. The summed E-state index contributed by atoms with van der Waals surface area (Å²) in [4.78, 5) is 25.9. The maximum absolute atomic E-state index is 12.4. The Morgan fingerprint density at radius 3 is 2.55 bits per heavy atom. The Bertz CT molecular complexity index is 514. The van der Waals surface area contributed by atoms with Gasteiger partial charge in [-0.25, -0.2) is 0 Å². The van der Waals surface area contributed by atoms with Crippen LogP contribution in [-0.2, 0) is 9.59 Å². The van der Waals surface area contributed by atoms with Crippen molar-refractivity contribution >= 4 is 11.8 Å². The summed E-state index contributed by atoms with van der Waals surface area (Å²) in [6.07, 6.45) is 2.39. The van der Waals surface area contributed by atoms with E-state index in [1.807, 2.05) is 30.3 Å². The molecule has 4 nitrogen and oxygen atoms in total. The van der Waals surface area contributed by atoms with Crippen molar-refractivity contribution in [3.63, 3.8) is 0 Å². The first kappa shape index (κ1) is 13.3. The first-order valence-corrected chi connectivity index (χ1v) is 7.22. The number of hydrogen-bond acceptors (Lipinski definition) is 3. The van der Waals surface area contributed by atoms with Crippen molar-refractivity contribution in [1.29, 1.82) is 0 Å². The Morgan fingerprint density at radius 1 is 1.15 bits per heavy atom. The molecule has 0 aromatic heterocycles. The zero-order valence-electron chi connectivity index (χ0n) is 11.4. The van der Waals surface area contributed by atoms with Gasteiger partial charge < -0.3 is 5.11 Å². The van der Waals surface area contributed by atoms with Gasteiger partial charge in [-0.15, -0.1) is 0 Å². The molecule has 0 spiro atoms. The predicted octanol–water partition coefficient (Wildman–Crippen LogP) is 1.69. The third kappa shape index (κ3) is 2.48. The molecule has 2 amide bonds. The number of aliphatic hydroxyl groups excluding tert-OH is 1. The van der Waals surface area contributed by atoms with E-state index in [0.29, 0.717) is 13.0 Å². The molecule has 3 unspecified atom stereocenters. The SMILES string of the molecule is O=C1CC(c2ccccc2)C(=O)N1CC1CCC(O)C1. The maximum atomic E-state index is 12.4. The minimum atomic E-state index is -0.324. The second-order valence-electron chi connectivity index (χ2n) is 5.84. The van der Waals surface area contributed by atoms with Gasteiger partial charge in [0.25, 0.3) is 0 Å². The minimum Gasteiger partial charge on any atom is -0.393 e. The topological polar surface area (TPSA) is 57.6 Å². The van der Waals surface area contributed by atoms with Crippen molar-refractivity contribution < 1.29 is 14.7 Å². The number of hydrogen-bond donors (Lipinski definition) is 1. The highest BCUT2D eigenvalue weighted by Gasteiger charge is 2.40. The molecule has 3 rings (SSSR count). The molecular weight excluding hydrogens is 254 g/mol. The minimum absolute atomic E-state index is 0.0785. The van der Waals surface area contributed by atoms with E-state index >= 15 is 0 Å². The van der Waals surface area contributed by atoms with Crippen LogP contribution in [0.5, 0.6) is 0 Å². The van der Waals surface area contributed by atoms with Crippen LogP contribution in [0.4, 0.5) is 0 Å². The molecule has 106 valence electrons. The normalized spacial score (nSPS) is 30.2. The highest BCUT2D eigenvalue weighted by Crippen LogP contribution is 2.33. The van der Waals surface area contributed by atoms with E-state index in [2.05, 4.69) is 0 Å². The summed E-state index contributed by atoms with van der Waals surface area (Å²) in [7, 11) is 0. The van der Waals surface area contributed by atoms with Crippen LogP contribution < -0.4 is 0 Å². The third-order valence-corrected chi connectivity index (χ3v) is 4.40. The fourth-order valence-corrected chi connectivity index (χ4v) is 3.29. The highest BCUT2D eigenvalue weighted by molar-refractivity contribution is 6.06. The Labute approximate surface area is 118 Å². The second-order valence-corrected chi connectivity index (χ2v) is 5.84. The van der Waals surface area contributed by atoms with E-state index in [1.54, 1.807) is 0 Å². The predicted molar refractivity (Wildman–Crippen MR) is 73.9 cm³/mol. The highest BCUT2D eigenvalue weighted by atomic mass is 16.3. The van der Waals surface area contributed by atoms with Gasteiger partial charge in [0, 0.05) is 13.0 Å². The van der Waals surface area contributed by atoms with Crippen LogP contribution in [0.2, 0.25) is 0 Å². The molecule has 1 aromatic carbocycles. The largest absolute Gasteiger partial charge is 0.393 e. The van der Waals surface area contributed by atoms with Crippen LogP contribution >= 0.6 is 0 Å². The fourth-order valence-electron chi connectivity index (χ4n) is 3.29. The van der Waals surface area contributed by atoms with Gasteiger partial charge >= 0.3 is 0 Å². The Balaban J connectivity index is 1.71. The first-order valence-electron chi connectivity index (χ1n) is 7.22. The van der Waals surface area contributed by atoms with Crippen molar-refractivity contribution in [2.45, 2.75) is 37.7 Å². The molecule has 0 bridgehead atoms. The lowest BCUT2D eigenvalue weighted by atomic mass is 9.98. The Hall–Kier alpha value is -1.68. The number of likely N-dealkylation sites (tertiary alicyclic amines) is 1. The molecule has 2 aliphatic rings. The number of imide groups is 1. The lowest BCUT2D eigenvalue weighted by Crippen LogP contribution is -2.34. The molecule has 1 aromatic rings. The number of carbonyl (C=O) groups excluding carboxylic acids is 2. The number of nitrogens with zero attached hydrogens (tertiary/aromatic N) is 1. The molecule has 1 N–H and O–H groups in total. The lowest BCUT2D eigenvalue weighted by Gasteiger charge is -2.19. The van der Waals surface area contributed by atoms with Crippen LogP contribution in [0.15, 0.2) is 30.3 Å². The van der Waals surface area contributed by atoms with Gasteiger partial charge in [-0.3, -0.25) is 14.5 Å². The van der Waals surface area contributed by atoms with Gasteiger partial charge in [-0.1, -0.05) is 30.3 Å². The standard InChI is InChI=1S/C16H19NO3/c18-13-7-6-11(8-13)10-17-15(19)9-14(16(17)20)12-4-2-1-3-5-12/h1-5,11,13-14,18H,6-10H2. The van der Waals surface area contributed by atoms with E-state index < -0.39 is 0 Å². The molecule has 2 fully saturated rings. The quantitative estimate of drug-likeness (QED) is 0.853. The number of aliphatic hydroxyl groups is 1. The monoisotopic (exact) mass is 273 g/mol. The van der Waals surface area contributed by atoms with Crippen molar-refractivity contribution in [2.24, 2.45) is 5.92 Å². The second kappa shape index (κ2) is 5.37. The van der Waals surface area contributed by atoms with Crippen LogP contribution in [0, 0.1) is 5.92 Å². The molecule has 1 saturated heterocycles. The van der Waals surface area contributed by atoms with E-state index in [-0.39, 0.29) is 36.2 Å². The van der Waals surface area contributed by atoms with E-state index in [0.717, 1.165) is 18.4 Å². The average molecular weight is 273 g/mol. The summed E-state index contributed by atoms with van der Waals surface area (Å²) in [5.74, 6) is -0.227. The smallest absolute Gasteiger partial charge is 0.237 e. The molecule has 1 saturated carbocycles. The molecule has 3 atom stereocenters. The van der Waals surface area contributed by atoms with Crippen LogP contribution in [-0.4, -0.2) is 34.5 Å². The van der Waals surface area contributed by atoms with Crippen molar-refractivity contribution in [3.05, 3.63) is 35.9 Å². The summed E-state index contributed by atoms with van der Waals surface area (Å²) in [5, 5.41) is 9.55. The van der Waals surface area contributed by atoms with Gasteiger partial charge in [0.15, 0.2) is 0 Å². The van der Waals surface area contributed by atoms with E-state index in [9.17, 15) is 14.7 Å². The molecule has 1 aliphatic carbocycles. The molecule has 20 heavy (non-hydrogen) atoms. The molecule has 1 heterocycles. The van der Waals surface area contributed by atoms with Crippen molar-refractivity contribution in [1.82, 2.24) is 4.90 Å². The van der Waals surface area contributed by atoms with Crippen LogP contribution in [0.25, 0.3) is 0 Å². The lowest BCUT2D eigenvalue weighted by molar-refractivity contribution is -0.139. The summed E-state index contributed by atoms with van der Waals surface area (Å²) in [6, 6.07) is 9.49. The molecule has 0 radical (unpaired) electrons. The van der Waals surface area contributed by atoms with Gasteiger partial charge in [0.2, 0.25) is 11.8 Å². The number of amides is 2. The molecule has 1 aliphatic heterocycles. The zero-order valence-corrected chi connectivity index (χ0v) is 11.4. The first-order chi connectivity index (χ1) is 9.65. The molecular formula is C16H19NO3. The van der Waals surface area contributed by atoms with Crippen LogP contribution in [0.3, 0.4) is 0 Å². The number of benzene rings is 1. The van der Waals surface area contributed by atoms with Crippen molar-refractivity contribution in [3.8, 4) is 0 Å². The average Bonchev–Trinajstić information content (AvgIpc) is 2.98.